The van der Waals surface area contributed by atoms with Gasteiger partial charge in [-0.3, -0.25) is 23.9 Å². The number of Topliss-reactive ketones (excluding diaryl/α,β-unsaturated/α-hetero) is 1. The maximum Gasteiger partial charge on any atom is 0.417 e. The third kappa shape index (κ3) is 9.71. The van der Waals surface area contributed by atoms with Crippen LogP contribution in [0.5, 0.6) is 0 Å². The summed E-state index contributed by atoms with van der Waals surface area (Å²) < 4.78 is 8.50. The van der Waals surface area contributed by atoms with Crippen molar-refractivity contribution in [1.29, 1.82) is 0 Å². The summed E-state index contributed by atoms with van der Waals surface area (Å²) >= 11 is 7.06. The molecule has 2 saturated carbocycles. The number of carbonyl (C=O) groups excluding carboxylic acids is 5. The molecule has 5 rings (SSSR count). The fourth-order valence-corrected chi connectivity index (χ4v) is 6.90. The van der Waals surface area contributed by atoms with E-state index in [0.717, 1.165) is 61.6 Å². The first kappa shape index (κ1) is 32.8. The van der Waals surface area contributed by atoms with Crippen molar-refractivity contribution in [1.82, 2.24) is 20.7 Å². The Hall–Kier alpha value is -3.57. The van der Waals surface area contributed by atoms with Crippen molar-refractivity contribution in [2.45, 2.75) is 81.2 Å². The third-order valence-corrected chi connectivity index (χ3v) is 9.71. The molecule has 3 aliphatic rings. The van der Waals surface area contributed by atoms with Gasteiger partial charge in [-0.15, -0.1) is 0 Å². The number of rotatable bonds is 14. The van der Waals surface area contributed by atoms with E-state index < -0.39 is 40.9 Å². The Morgan fingerprint density at radius 2 is 1.76 bits per heavy atom. The summed E-state index contributed by atoms with van der Waals surface area (Å²) in [6, 6.07) is 15.8. The quantitative estimate of drug-likeness (QED) is 0.179. The van der Waals surface area contributed by atoms with E-state index in [1.807, 2.05) is 54.6 Å². The highest BCUT2D eigenvalue weighted by Gasteiger charge is 2.37. The molecular weight excluding hydrogens is 616 g/mol. The molecule has 1 heterocycles. The van der Waals surface area contributed by atoms with E-state index >= 15 is 0 Å². The zero-order valence-corrected chi connectivity index (χ0v) is 26.5. The monoisotopic (exact) mass is 654 g/mol. The minimum Gasteiger partial charge on any atom is -0.445 e. The smallest absolute Gasteiger partial charge is 0.417 e. The van der Waals surface area contributed by atoms with Gasteiger partial charge in [-0.1, -0.05) is 54.1 Å². The van der Waals surface area contributed by atoms with E-state index in [2.05, 4.69) is 20.7 Å². The van der Waals surface area contributed by atoms with Crippen LogP contribution in [-0.2, 0) is 36.8 Å². The van der Waals surface area contributed by atoms with Gasteiger partial charge in [0.15, 0.2) is 0 Å². The van der Waals surface area contributed by atoms with Crippen LogP contribution >= 0.6 is 23.5 Å². The SMILES string of the molecule is O=C(NS[C@@H](Cc1ccccc1)C(=O)N[C@@H](C[C@@H]1CCNC1=O)C(=O)C(=O)NC1CC1)OC1CCCC1Cc1cccc(Cl)c1. The van der Waals surface area contributed by atoms with Gasteiger partial charge in [-0.05, 0) is 93.0 Å². The van der Waals surface area contributed by atoms with Crippen molar-refractivity contribution in [3.63, 3.8) is 0 Å². The average Bonchev–Trinajstić information content (AvgIpc) is 3.60. The Morgan fingerprint density at radius 3 is 2.47 bits per heavy atom. The van der Waals surface area contributed by atoms with Gasteiger partial charge in [0.25, 0.3) is 5.91 Å². The highest BCUT2D eigenvalue weighted by Crippen LogP contribution is 2.32. The van der Waals surface area contributed by atoms with Crippen LogP contribution in [0.3, 0.4) is 0 Å². The molecule has 5 atom stereocenters. The predicted molar refractivity (Wildman–Crippen MR) is 171 cm³/mol. The molecule has 3 fully saturated rings. The maximum atomic E-state index is 13.7. The highest BCUT2D eigenvalue weighted by atomic mass is 35.5. The van der Waals surface area contributed by atoms with E-state index in [1.165, 1.54) is 0 Å². The molecule has 0 spiro atoms. The second kappa shape index (κ2) is 15.6. The lowest BCUT2D eigenvalue weighted by Crippen LogP contribution is -2.51. The lowest BCUT2D eigenvalue weighted by atomic mass is 9.95. The molecule has 2 aromatic carbocycles. The highest BCUT2D eigenvalue weighted by molar-refractivity contribution is 7.99. The summed E-state index contributed by atoms with van der Waals surface area (Å²) in [6.07, 6.45) is 4.84. The summed E-state index contributed by atoms with van der Waals surface area (Å²) in [5, 5.41) is 7.99. The average molecular weight is 655 g/mol. The Kier molecular flexibility index (Phi) is 11.4. The molecule has 2 aromatic rings. The molecule has 0 bridgehead atoms. The zero-order valence-electron chi connectivity index (χ0n) is 25.0. The molecule has 240 valence electrons. The van der Waals surface area contributed by atoms with Crippen LogP contribution in [0.15, 0.2) is 54.6 Å². The van der Waals surface area contributed by atoms with E-state index in [-0.39, 0.29) is 36.8 Å². The first-order chi connectivity index (χ1) is 21.7. The Bertz CT molecular complexity index is 1390. The molecule has 0 radical (unpaired) electrons. The minimum atomic E-state index is -1.18. The fraction of sp³-hybridized carbons (Fsp3) is 0.485. The Morgan fingerprint density at radius 1 is 0.978 bits per heavy atom. The first-order valence-corrected chi connectivity index (χ1v) is 16.8. The fourth-order valence-electron chi connectivity index (χ4n) is 5.95. The number of benzene rings is 2. The third-order valence-electron chi connectivity index (χ3n) is 8.53. The summed E-state index contributed by atoms with van der Waals surface area (Å²) in [7, 11) is 0. The lowest BCUT2D eigenvalue weighted by molar-refractivity contribution is -0.140. The number of halogens is 1. The standard InChI is InChI=1S/C33H39ClN4O6S/c34-24-10-4-8-21(17-24)16-22-9-5-11-27(22)44-33(43)38-45-28(18-20-6-2-1-3-7-20)31(41)37-26(19-23-14-15-35-30(23)40)29(39)32(42)36-25-12-13-25/h1-4,6-8,10,17,22-23,25-28H,5,9,11-16,18-19H2,(H,35,40)(H,36,42)(H,37,41)(H,38,43)/t22?,23-,26-,27?,28-/m0/s1. The van der Waals surface area contributed by atoms with Crippen LogP contribution in [0.2, 0.25) is 5.02 Å². The minimum absolute atomic E-state index is 0.0163. The molecule has 10 nitrogen and oxygen atoms in total. The van der Waals surface area contributed by atoms with Crippen LogP contribution in [0.1, 0.15) is 56.1 Å². The van der Waals surface area contributed by atoms with Crippen molar-refractivity contribution in [2.24, 2.45) is 11.8 Å². The van der Waals surface area contributed by atoms with E-state index in [4.69, 9.17) is 16.3 Å². The van der Waals surface area contributed by atoms with Gasteiger partial charge in [0.1, 0.15) is 11.4 Å². The van der Waals surface area contributed by atoms with Crippen molar-refractivity contribution in [2.75, 3.05) is 6.54 Å². The summed E-state index contributed by atoms with van der Waals surface area (Å²) in [5.74, 6) is -2.61. The number of ketones is 1. The second-order valence-electron chi connectivity index (χ2n) is 12.1. The normalized spacial score (nSPS) is 22.2. The number of ether oxygens (including phenoxy) is 1. The predicted octanol–water partition coefficient (Wildman–Crippen LogP) is 3.90. The van der Waals surface area contributed by atoms with Gasteiger partial charge in [0, 0.05) is 29.4 Å². The first-order valence-electron chi connectivity index (χ1n) is 15.6. The molecular formula is C33H39ClN4O6S. The van der Waals surface area contributed by atoms with Crippen LogP contribution in [0, 0.1) is 11.8 Å². The summed E-state index contributed by atoms with van der Waals surface area (Å²) in [4.78, 5) is 64.8. The topological polar surface area (TPSA) is 143 Å². The van der Waals surface area contributed by atoms with Gasteiger partial charge in [-0.25, -0.2) is 4.79 Å². The van der Waals surface area contributed by atoms with E-state index in [1.54, 1.807) is 0 Å². The molecule has 0 aromatic heterocycles. The van der Waals surface area contributed by atoms with Crippen LogP contribution < -0.4 is 20.7 Å². The molecule has 2 unspecified atom stereocenters. The molecule has 1 saturated heterocycles. The molecule has 1 aliphatic heterocycles. The van der Waals surface area contributed by atoms with Crippen molar-refractivity contribution >= 4 is 53.1 Å². The number of amides is 4. The molecule has 2 aliphatic carbocycles. The van der Waals surface area contributed by atoms with E-state index in [0.29, 0.717) is 18.0 Å². The van der Waals surface area contributed by atoms with Crippen LogP contribution in [-0.4, -0.2) is 59.6 Å². The number of carbonyl (C=O) groups is 5. The Balaban J connectivity index is 1.23. The number of hydrogen-bond donors (Lipinski definition) is 4. The largest absolute Gasteiger partial charge is 0.445 e. The Labute approximate surface area is 272 Å². The zero-order chi connectivity index (χ0) is 31.8. The summed E-state index contributed by atoms with van der Waals surface area (Å²) in [6.45, 7) is 0.478. The van der Waals surface area contributed by atoms with Gasteiger partial charge in [-0.2, -0.15) is 0 Å². The van der Waals surface area contributed by atoms with Gasteiger partial charge >= 0.3 is 6.09 Å². The van der Waals surface area contributed by atoms with Crippen molar-refractivity contribution < 1.29 is 28.7 Å². The molecule has 4 N–H and O–H groups in total. The van der Waals surface area contributed by atoms with E-state index in [9.17, 15) is 24.0 Å². The molecule has 4 amide bonds. The number of nitrogens with one attached hydrogen (secondary N) is 4. The second-order valence-corrected chi connectivity index (χ2v) is 13.5. The van der Waals surface area contributed by atoms with Gasteiger partial charge in [0.05, 0.1) is 6.04 Å². The van der Waals surface area contributed by atoms with Crippen molar-refractivity contribution in [3.8, 4) is 0 Å². The van der Waals surface area contributed by atoms with Crippen LogP contribution in [0.25, 0.3) is 0 Å². The van der Waals surface area contributed by atoms with Gasteiger partial charge in [0.2, 0.25) is 17.6 Å². The maximum absolute atomic E-state index is 13.7. The molecule has 45 heavy (non-hydrogen) atoms. The summed E-state index contributed by atoms with van der Waals surface area (Å²) in [5.41, 5.74) is 1.93. The lowest BCUT2D eigenvalue weighted by Gasteiger charge is -2.24. The number of hydrogen-bond acceptors (Lipinski definition) is 7. The molecule has 12 heteroatoms. The van der Waals surface area contributed by atoms with Gasteiger partial charge < -0.3 is 20.7 Å². The van der Waals surface area contributed by atoms with Crippen LogP contribution in [0.4, 0.5) is 4.79 Å². The van der Waals surface area contributed by atoms with Crippen molar-refractivity contribution in [3.05, 3.63) is 70.7 Å².